The first-order valence-corrected chi connectivity index (χ1v) is 7.39. The van der Waals surface area contributed by atoms with Crippen molar-refractivity contribution in [1.82, 2.24) is 0 Å². The van der Waals surface area contributed by atoms with Gasteiger partial charge in [0.15, 0.2) is 0 Å². The van der Waals surface area contributed by atoms with Crippen LogP contribution in [-0.4, -0.2) is 0 Å². The van der Waals surface area contributed by atoms with Crippen LogP contribution >= 0.6 is 0 Å². The lowest BCUT2D eigenvalue weighted by molar-refractivity contribution is 0.777. The van der Waals surface area contributed by atoms with Crippen LogP contribution in [0.15, 0.2) is 48.1 Å². The third-order valence-electron chi connectivity index (χ3n) is 3.24. The molecule has 0 aliphatic heterocycles. The fourth-order valence-corrected chi connectivity index (χ4v) is 2.03. The van der Waals surface area contributed by atoms with Gasteiger partial charge in [0.2, 0.25) is 0 Å². The number of allylic oxidation sites excluding steroid dienone is 6. The van der Waals surface area contributed by atoms with Gasteiger partial charge in [-0.25, -0.2) is 0 Å². The zero-order valence-electron chi connectivity index (χ0n) is 13.1. The Morgan fingerprint density at radius 1 is 1.17 bits per heavy atom. The SMILES string of the molecule is C=CC1=CC2CC2C=C1C(=C)C(C)C.CC.CC. The van der Waals surface area contributed by atoms with E-state index < -0.39 is 0 Å². The fourth-order valence-electron chi connectivity index (χ4n) is 2.03. The number of rotatable bonds is 3. The van der Waals surface area contributed by atoms with Crippen molar-refractivity contribution >= 4 is 0 Å². The molecule has 0 spiro atoms. The van der Waals surface area contributed by atoms with Gasteiger partial charge >= 0.3 is 0 Å². The van der Waals surface area contributed by atoms with Crippen molar-refractivity contribution in [2.75, 3.05) is 0 Å². The minimum Gasteiger partial charge on any atom is -0.0985 e. The fraction of sp³-hybridized carbons (Fsp3) is 0.556. The lowest BCUT2D eigenvalue weighted by Gasteiger charge is -2.18. The maximum absolute atomic E-state index is 4.17. The third kappa shape index (κ3) is 4.01. The zero-order chi connectivity index (χ0) is 14.3. The van der Waals surface area contributed by atoms with E-state index in [9.17, 15) is 0 Å². The first-order chi connectivity index (χ1) is 8.63. The maximum atomic E-state index is 4.17. The predicted octanol–water partition coefficient (Wildman–Crippen LogP) is 5.94. The van der Waals surface area contributed by atoms with E-state index in [-0.39, 0.29) is 0 Å². The van der Waals surface area contributed by atoms with Crippen LogP contribution < -0.4 is 0 Å². The molecule has 0 aromatic heterocycles. The van der Waals surface area contributed by atoms with Gasteiger partial charge in [-0.15, -0.1) is 0 Å². The van der Waals surface area contributed by atoms with Crippen molar-refractivity contribution in [3.8, 4) is 0 Å². The molecular weight excluding hydrogens is 216 g/mol. The molecule has 1 saturated carbocycles. The Hall–Kier alpha value is -1.04. The Kier molecular flexibility index (Phi) is 7.66. The van der Waals surface area contributed by atoms with Crippen molar-refractivity contribution in [2.24, 2.45) is 17.8 Å². The summed E-state index contributed by atoms with van der Waals surface area (Å²) in [7, 11) is 0. The van der Waals surface area contributed by atoms with E-state index in [0.717, 1.165) is 11.8 Å². The molecule has 0 heterocycles. The highest BCUT2D eigenvalue weighted by molar-refractivity contribution is 5.54. The molecule has 0 N–H and O–H groups in total. The molecule has 2 rings (SSSR count). The molecule has 0 heteroatoms. The van der Waals surface area contributed by atoms with Crippen LogP contribution in [0, 0.1) is 17.8 Å². The summed E-state index contributed by atoms with van der Waals surface area (Å²) in [5.41, 5.74) is 3.89. The summed E-state index contributed by atoms with van der Waals surface area (Å²) < 4.78 is 0. The molecule has 2 atom stereocenters. The summed E-state index contributed by atoms with van der Waals surface area (Å²) in [5, 5.41) is 0. The molecule has 0 aromatic rings. The van der Waals surface area contributed by atoms with E-state index in [1.165, 1.54) is 23.1 Å². The van der Waals surface area contributed by atoms with Gasteiger partial charge in [0.1, 0.15) is 0 Å². The van der Waals surface area contributed by atoms with Gasteiger partial charge in [0, 0.05) is 0 Å². The molecule has 18 heavy (non-hydrogen) atoms. The van der Waals surface area contributed by atoms with Crippen molar-refractivity contribution in [3.05, 3.63) is 48.1 Å². The maximum Gasteiger partial charge on any atom is -0.0155 e. The van der Waals surface area contributed by atoms with E-state index >= 15 is 0 Å². The monoisotopic (exact) mass is 246 g/mol. The van der Waals surface area contributed by atoms with E-state index in [4.69, 9.17) is 0 Å². The Labute approximate surface area is 114 Å². The number of fused-ring (bicyclic) bond motifs is 1. The lowest BCUT2D eigenvalue weighted by atomic mass is 9.87. The Balaban J connectivity index is 0.000000659. The molecule has 0 bridgehead atoms. The van der Waals surface area contributed by atoms with Gasteiger partial charge in [-0.2, -0.15) is 0 Å². The predicted molar refractivity (Wildman–Crippen MR) is 84.6 cm³/mol. The Morgan fingerprint density at radius 3 is 2.11 bits per heavy atom. The average molecular weight is 246 g/mol. The van der Waals surface area contributed by atoms with Gasteiger partial charge in [0.05, 0.1) is 0 Å². The molecule has 1 fully saturated rings. The van der Waals surface area contributed by atoms with Gasteiger partial charge in [-0.1, -0.05) is 72.9 Å². The van der Waals surface area contributed by atoms with Gasteiger partial charge in [-0.3, -0.25) is 0 Å². The van der Waals surface area contributed by atoms with Crippen LogP contribution in [-0.2, 0) is 0 Å². The van der Waals surface area contributed by atoms with Crippen molar-refractivity contribution in [1.29, 1.82) is 0 Å². The zero-order valence-corrected chi connectivity index (χ0v) is 13.1. The average Bonchev–Trinajstić information content (AvgIpc) is 3.19. The standard InChI is InChI=1S/C14H18.2C2H6/c1-5-11-6-12-7-13(12)8-14(11)10(4)9(2)3;2*1-2/h5-6,8-9,12-13H,1,4,7H2,2-3H3;2*1-2H3. The van der Waals surface area contributed by atoms with Crippen molar-refractivity contribution in [2.45, 2.75) is 48.0 Å². The van der Waals surface area contributed by atoms with E-state index in [0.29, 0.717) is 5.92 Å². The van der Waals surface area contributed by atoms with E-state index in [1.54, 1.807) is 0 Å². The molecule has 2 aliphatic carbocycles. The van der Waals surface area contributed by atoms with Crippen molar-refractivity contribution in [3.63, 3.8) is 0 Å². The molecular formula is C18H30. The topological polar surface area (TPSA) is 0 Å². The second-order valence-corrected chi connectivity index (χ2v) is 4.65. The summed E-state index contributed by atoms with van der Waals surface area (Å²) in [6.45, 7) is 20.4. The number of hydrogen-bond donors (Lipinski definition) is 0. The molecule has 2 aliphatic rings. The molecule has 0 aromatic carbocycles. The lowest BCUT2D eigenvalue weighted by Crippen LogP contribution is -2.02. The second kappa shape index (κ2) is 8.13. The van der Waals surface area contributed by atoms with Crippen molar-refractivity contribution < 1.29 is 0 Å². The summed E-state index contributed by atoms with van der Waals surface area (Å²) in [4.78, 5) is 0. The molecule has 0 nitrogen and oxygen atoms in total. The van der Waals surface area contributed by atoms with E-state index in [2.05, 4.69) is 39.2 Å². The van der Waals surface area contributed by atoms with Crippen LogP contribution in [0.2, 0.25) is 0 Å². The molecule has 0 amide bonds. The van der Waals surface area contributed by atoms with Gasteiger partial charge < -0.3 is 0 Å². The Bertz CT molecular complexity index is 339. The highest BCUT2D eigenvalue weighted by Gasteiger charge is 2.37. The van der Waals surface area contributed by atoms with Crippen LogP contribution in [0.4, 0.5) is 0 Å². The highest BCUT2D eigenvalue weighted by atomic mass is 14.4. The highest BCUT2D eigenvalue weighted by Crippen LogP contribution is 2.48. The minimum atomic E-state index is 0.528. The van der Waals surface area contributed by atoms with E-state index in [1.807, 2.05) is 33.8 Å². The molecule has 102 valence electrons. The smallest absolute Gasteiger partial charge is 0.0155 e. The van der Waals surface area contributed by atoms with Gasteiger partial charge in [-0.05, 0) is 40.9 Å². The molecule has 2 unspecified atom stereocenters. The Morgan fingerprint density at radius 2 is 1.67 bits per heavy atom. The quantitative estimate of drug-likeness (QED) is 0.578. The molecule has 0 saturated heterocycles. The first kappa shape index (κ1) is 17.0. The largest absolute Gasteiger partial charge is 0.0985 e. The normalized spacial score (nSPS) is 23.3. The van der Waals surface area contributed by atoms with Crippen LogP contribution in [0.1, 0.15) is 48.0 Å². The summed E-state index contributed by atoms with van der Waals surface area (Å²) >= 11 is 0. The summed E-state index contributed by atoms with van der Waals surface area (Å²) in [6.07, 6.45) is 8.05. The summed E-state index contributed by atoms with van der Waals surface area (Å²) in [6, 6.07) is 0. The third-order valence-corrected chi connectivity index (χ3v) is 3.24. The van der Waals surface area contributed by atoms with Crippen LogP contribution in [0.25, 0.3) is 0 Å². The summed E-state index contributed by atoms with van der Waals surface area (Å²) in [5.74, 6) is 2.12. The minimum absolute atomic E-state index is 0.528. The second-order valence-electron chi connectivity index (χ2n) is 4.65. The van der Waals surface area contributed by atoms with Crippen LogP contribution in [0.5, 0.6) is 0 Å². The van der Waals surface area contributed by atoms with Crippen LogP contribution in [0.3, 0.4) is 0 Å². The molecule has 0 radical (unpaired) electrons. The first-order valence-electron chi connectivity index (χ1n) is 7.39. The number of hydrogen-bond acceptors (Lipinski definition) is 0. The van der Waals surface area contributed by atoms with Gasteiger partial charge in [0.25, 0.3) is 0 Å².